The number of urea groups is 1. The van der Waals surface area contributed by atoms with Gasteiger partial charge >= 0.3 is 6.03 Å². The van der Waals surface area contributed by atoms with E-state index in [1.807, 2.05) is 48.5 Å². The molecule has 31 heavy (non-hydrogen) atoms. The Morgan fingerprint density at radius 3 is 2.48 bits per heavy atom. The van der Waals surface area contributed by atoms with Gasteiger partial charge in [0.15, 0.2) is 0 Å². The molecule has 2 amide bonds. The summed E-state index contributed by atoms with van der Waals surface area (Å²) >= 11 is 0. The van der Waals surface area contributed by atoms with Crippen molar-refractivity contribution in [2.45, 2.75) is 31.5 Å². The molecule has 1 unspecified atom stereocenters. The van der Waals surface area contributed by atoms with Gasteiger partial charge in [-0.25, -0.2) is 9.18 Å². The van der Waals surface area contributed by atoms with Crippen LogP contribution in [-0.4, -0.2) is 29.1 Å². The number of fused-ring (bicyclic) bond motifs is 1. The first-order chi connectivity index (χ1) is 15.1. The second kappa shape index (κ2) is 9.53. The third-order valence-electron chi connectivity index (χ3n) is 5.30. The predicted octanol–water partition coefficient (Wildman–Crippen LogP) is 4.51. The molecule has 2 atom stereocenters. The third-order valence-corrected chi connectivity index (χ3v) is 5.30. The van der Waals surface area contributed by atoms with Crippen LogP contribution in [0.1, 0.15) is 29.5 Å². The average Bonchev–Trinajstić information content (AvgIpc) is 2.85. The molecule has 0 fully saturated rings. The molecule has 6 heteroatoms. The minimum atomic E-state index is -0.881. The maximum atomic E-state index is 13.9. The number of aryl methyl sites for hydroxylation is 1. The van der Waals surface area contributed by atoms with Gasteiger partial charge < -0.3 is 15.7 Å². The summed E-state index contributed by atoms with van der Waals surface area (Å²) in [5, 5.41) is 16.0. The molecule has 0 spiro atoms. The minimum absolute atomic E-state index is 0.0650. The molecule has 3 aromatic carbocycles. The van der Waals surface area contributed by atoms with Gasteiger partial charge in [0.25, 0.3) is 0 Å². The highest BCUT2D eigenvalue weighted by molar-refractivity contribution is 6.14. The highest BCUT2D eigenvalue weighted by atomic mass is 19.1. The zero-order valence-electron chi connectivity index (χ0n) is 17.0. The van der Waals surface area contributed by atoms with E-state index in [0.717, 1.165) is 29.5 Å². The van der Waals surface area contributed by atoms with E-state index in [4.69, 9.17) is 4.99 Å². The number of hydrogen-bond donors (Lipinski definition) is 3. The first-order valence-corrected chi connectivity index (χ1v) is 10.3. The fourth-order valence-electron chi connectivity index (χ4n) is 3.73. The van der Waals surface area contributed by atoms with E-state index in [1.54, 1.807) is 12.1 Å². The topological polar surface area (TPSA) is 73.7 Å². The number of nitrogens with one attached hydrogen (secondary N) is 2. The van der Waals surface area contributed by atoms with Gasteiger partial charge in [-0.2, -0.15) is 0 Å². The number of aliphatic imine (C=N–C) groups is 1. The Labute approximate surface area is 180 Å². The Kier molecular flexibility index (Phi) is 6.38. The van der Waals surface area contributed by atoms with Crippen LogP contribution >= 0.6 is 0 Å². The third kappa shape index (κ3) is 4.98. The van der Waals surface area contributed by atoms with Gasteiger partial charge in [-0.1, -0.05) is 66.7 Å². The lowest BCUT2D eigenvalue weighted by Gasteiger charge is -2.22. The maximum Gasteiger partial charge on any atom is 0.321 e. The number of aliphatic hydroxyl groups excluding tert-OH is 1. The van der Waals surface area contributed by atoms with Crippen LogP contribution in [0, 0.1) is 5.82 Å². The number of amides is 2. The van der Waals surface area contributed by atoms with Crippen molar-refractivity contribution in [1.29, 1.82) is 0 Å². The molecule has 0 aromatic heterocycles. The molecule has 0 aliphatic carbocycles. The second-order valence-corrected chi connectivity index (χ2v) is 7.48. The molecule has 158 valence electrons. The van der Waals surface area contributed by atoms with E-state index < -0.39 is 24.1 Å². The number of anilines is 1. The summed E-state index contributed by atoms with van der Waals surface area (Å²) in [6.07, 6.45) is 0.272. The second-order valence-electron chi connectivity index (χ2n) is 7.48. The van der Waals surface area contributed by atoms with Crippen molar-refractivity contribution in [1.82, 2.24) is 5.32 Å². The quantitative estimate of drug-likeness (QED) is 0.587. The van der Waals surface area contributed by atoms with Gasteiger partial charge in [-0.05, 0) is 37.0 Å². The predicted molar refractivity (Wildman–Crippen MR) is 120 cm³/mol. The van der Waals surface area contributed by atoms with E-state index in [1.165, 1.54) is 12.1 Å². The fourth-order valence-corrected chi connectivity index (χ4v) is 3.73. The van der Waals surface area contributed by atoms with Gasteiger partial charge in [0.2, 0.25) is 0 Å². The SMILES string of the molecule is O=C(Nc1ccccc1F)N[C@H]1/N=C(/c2ccccc2)c2ccccc2CCCC1O. The van der Waals surface area contributed by atoms with Crippen molar-refractivity contribution in [3.8, 4) is 0 Å². The molecule has 3 N–H and O–H groups in total. The summed E-state index contributed by atoms with van der Waals surface area (Å²) in [6.45, 7) is 0. The average molecular weight is 417 g/mol. The molecule has 1 heterocycles. The van der Waals surface area contributed by atoms with Crippen LogP contribution in [0.25, 0.3) is 0 Å². The number of para-hydroxylation sites is 1. The number of nitrogens with zero attached hydrogens (tertiary/aromatic N) is 1. The Balaban J connectivity index is 1.69. The van der Waals surface area contributed by atoms with Crippen LogP contribution in [0.3, 0.4) is 0 Å². The van der Waals surface area contributed by atoms with E-state index >= 15 is 0 Å². The molecule has 0 radical (unpaired) electrons. The lowest BCUT2D eigenvalue weighted by molar-refractivity contribution is 0.123. The van der Waals surface area contributed by atoms with Crippen molar-refractivity contribution in [2.24, 2.45) is 4.99 Å². The summed E-state index contributed by atoms with van der Waals surface area (Å²) in [7, 11) is 0. The Morgan fingerprint density at radius 2 is 1.68 bits per heavy atom. The van der Waals surface area contributed by atoms with E-state index in [2.05, 4.69) is 16.7 Å². The molecule has 0 saturated carbocycles. The summed E-state index contributed by atoms with van der Waals surface area (Å²) in [5.41, 5.74) is 3.78. The van der Waals surface area contributed by atoms with Gasteiger partial charge in [-0.3, -0.25) is 4.99 Å². The molecular formula is C25H24FN3O2. The van der Waals surface area contributed by atoms with Crippen molar-refractivity contribution in [2.75, 3.05) is 5.32 Å². The van der Waals surface area contributed by atoms with E-state index in [9.17, 15) is 14.3 Å². The van der Waals surface area contributed by atoms with Crippen LogP contribution in [0.4, 0.5) is 14.9 Å². The van der Waals surface area contributed by atoms with Crippen molar-refractivity contribution < 1.29 is 14.3 Å². The molecule has 1 aliphatic rings. The molecule has 0 saturated heterocycles. The number of carbonyl (C=O) groups excluding carboxylic acids is 1. The smallest absolute Gasteiger partial charge is 0.321 e. The Hall–Kier alpha value is -3.51. The first-order valence-electron chi connectivity index (χ1n) is 10.3. The number of benzene rings is 3. The van der Waals surface area contributed by atoms with Gasteiger partial charge in [0.1, 0.15) is 12.0 Å². The first kappa shape index (κ1) is 20.8. The molecule has 1 aliphatic heterocycles. The van der Waals surface area contributed by atoms with Crippen molar-refractivity contribution in [3.63, 3.8) is 0 Å². The number of carbonyl (C=O) groups is 1. The molecule has 5 nitrogen and oxygen atoms in total. The van der Waals surface area contributed by atoms with Crippen LogP contribution in [-0.2, 0) is 6.42 Å². The van der Waals surface area contributed by atoms with Crippen LogP contribution in [0.2, 0.25) is 0 Å². The summed E-state index contributed by atoms with van der Waals surface area (Å²) in [6, 6.07) is 23.0. The minimum Gasteiger partial charge on any atom is -0.389 e. The number of rotatable bonds is 3. The largest absolute Gasteiger partial charge is 0.389 e. The zero-order valence-corrected chi connectivity index (χ0v) is 17.0. The highest BCUT2D eigenvalue weighted by Crippen LogP contribution is 2.22. The van der Waals surface area contributed by atoms with Crippen molar-refractivity contribution >= 4 is 17.4 Å². The lowest BCUT2D eigenvalue weighted by atomic mass is 9.95. The maximum absolute atomic E-state index is 13.9. The fraction of sp³-hybridized carbons (Fsp3) is 0.200. The zero-order chi connectivity index (χ0) is 21.6. The van der Waals surface area contributed by atoms with Crippen LogP contribution in [0.15, 0.2) is 83.9 Å². The Morgan fingerprint density at radius 1 is 0.968 bits per heavy atom. The van der Waals surface area contributed by atoms with E-state index in [0.29, 0.717) is 12.1 Å². The molecular weight excluding hydrogens is 393 g/mol. The number of hydrogen-bond acceptors (Lipinski definition) is 3. The number of aliphatic hydroxyl groups is 1. The van der Waals surface area contributed by atoms with Gasteiger partial charge in [-0.15, -0.1) is 0 Å². The summed E-state index contributed by atoms with van der Waals surface area (Å²) in [4.78, 5) is 17.4. The van der Waals surface area contributed by atoms with E-state index in [-0.39, 0.29) is 5.69 Å². The van der Waals surface area contributed by atoms with Crippen LogP contribution < -0.4 is 10.6 Å². The van der Waals surface area contributed by atoms with Crippen molar-refractivity contribution in [3.05, 3.63) is 101 Å². The molecule has 0 bridgehead atoms. The highest BCUT2D eigenvalue weighted by Gasteiger charge is 2.25. The lowest BCUT2D eigenvalue weighted by Crippen LogP contribution is -2.44. The molecule has 3 aromatic rings. The van der Waals surface area contributed by atoms with Crippen LogP contribution in [0.5, 0.6) is 0 Å². The summed E-state index contributed by atoms with van der Waals surface area (Å²) in [5.74, 6) is -0.532. The molecule has 4 rings (SSSR count). The number of halogens is 1. The summed E-state index contributed by atoms with van der Waals surface area (Å²) < 4.78 is 13.9. The van der Waals surface area contributed by atoms with Gasteiger partial charge in [0.05, 0.1) is 17.5 Å². The van der Waals surface area contributed by atoms with Gasteiger partial charge in [0, 0.05) is 11.1 Å². The normalized spacial score (nSPS) is 20.3. The standard InChI is InChI=1S/C25H24FN3O2/c26-20-14-6-7-15-21(20)27-25(31)29-24-22(30)16-8-12-17-9-4-5-13-19(17)23(28-24)18-10-2-1-3-11-18/h1-7,9-11,13-15,22,24,30H,8,12,16H2,(H2,27,29,31)/b28-23-/t22?,24-/m1/s1. The Bertz CT molecular complexity index is 1080. The monoisotopic (exact) mass is 417 g/mol.